The first kappa shape index (κ1) is 17.1. The third-order valence-electron chi connectivity index (χ3n) is 3.46. The van der Waals surface area contributed by atoms with Crippen LogP contribution in [0.3, 0.4) is 0 Å². The highest BCUT2D eigenvalue weighted by molar-refractivity contribution is 5.92. The molecule has 1 amide bonds. The third kappa shape index (κ3) is 4.61. The molecule has 3 rings (SSSR count). The molecule has 7 nitrogen and oxygen atoms in total. The molecule has 134 valence electrons. The fourth-order valence-electron chi connectivity index (χ4n) is 2.33. The molecular weight excluding hydrogens is 343 g/mol. The smallest absolute Gasteiger partial charge is 0.482 e. The molecule has 25 heavy (non-hydrogen) atoms. The van der Waals surface area contributed by atoms with E-state index >= 15 is 0 Å². The lowest BCUT2D eigenvalue weighted by Gasteiger charge is -2.12. The summed E-state index contributed by atoms with van der Waals surface area (Å²) in [6.45, 7) is 1.32. The number of pyridine rings is 1. The van der Waals surface area contributed by atoms with Gasteiger partial charge in [0.25, 0.3) is 5.91 Å². The quantitative estimate of drug-likeness (QED) is 0.819. The number of likely N-dealkylation sites (tertiary alicyclic amines) is 1. The van der Waals surface area contributed by atoms with Crippen molar-refractivity contribution in [1.82, 2.24) is 14.9 Å². The van der Waals surface area contributed by atoms with E-state index in [-0.39, 0.29) is 29.8 Å². The lowest BCUT2D eigenvalue weighted by molar-refractivity contribution is -0.276. The SMILES string of the molecule is O=C(c1coc(COc2ccc(OC(F)(F)F)nc2)n1)N1CCCC1. The number of aromatic nitrogens is 2. The first-order valence-electron chi connectivity index (χ1n) is 7.49. The van der Waals surface area contributed by atoms with Crippen LogP contribution in [0.1, 0.15) is 29.2 Å². The second-order valence-electron chi connectivity index (χ2n) is 5.29. The first-order valence-corrected chi connectivity index (χ1v) is 7.49. The van der Waals surface area contributed by atoms with Gasteiger partial charge in [0.1, 0.15) is 12.0 Å². The minimum Gasteiger partial charge on any atom is -0.482 e. The normalized spacial score (nSPS) is 14.6. The molecule has 2 aromatic heterocycles. The number of hydrogen-bond donors (Lipinski definition) is 0. The van der Waals surface area contributed by atoms with Gasteiger partial charge in [0.2, 0.25) is 11.8 Å². The topological polar surface area (TPSA) is 77.7 Å². The average Bonchev–Trinajstić information content (AvgIpc) is 3.24. The molecule has 1 fully saturated rings. The third-order valence-corrected chi connectivity index (χ3v) is 3.46. The van der Waals surface area contributed by atoms with Gasteiger partial charge in [-0.2, -0.15) is 0 Å². The molecule has 3 heterocycles. The Hall–Kier alpha value is -2.78. The highest BCUT2D eigenvalue weighted by Crippen LogP contribution is 2.22. The number of amides is 1. The monoisotopic (exact) mass is 357 g/mol. The molecule has 1 saturated heterocycles. The van der Waals surface area contributed by atoms with Crippen LogP contribution in [-0.4, -0.2) is 40.2 Å². The van der Waals surface area contributed by atoms with Crippen LogP contribution in [0.15, 0.2) is 29.0 Å². The zero-order valence-electron chi connectivity index (χ0n) is 13.0. The zero-order valence-corrected chi connectivity index (χ0v) is 13.0. The maximum atomic E-state index is 12.1. The molecular formula is C15H14F3N3O4. The molecule has 0 unspecified atom stereocenters. The van der Waals surface area contributed by atoms with E-state index in [9.17, 15) is 18.0 Å². The number of ether oxygens (including phenoxy) is 2. The highest BCUT2D eigenvalue weighted by atomic mass is 19.4. The Morgan fingerprint density at radius 1 is 1.28 bits per heavy atom. The predicted molar refractivity (Wildman–Crippen MR) is 76.9 cm³/mol. The Morgan fingerprint density at radius 3 is 2.68 bits per heavy atom. The second kappa shape index (κ2) is 6.99. The van der Waals surface area contributed by atoms with Gasteiger partial charge in [-0.1, -0.05) is 0 Å². The van der Waals surface area contributed by atoms with Gasteiger partial charge in [-0.25, -0.2) is 9.97 Å². The van der Waals surface area contributed by atoms with E-state index in [2.05, 4.69) is 14.7 Å². The Bertz CT molecular complexity index is 724. The number of oxazole rings is 1. The molecule has 0 radical (unpaired) electrons. The molecule has 10 heteroatoms. The molecule has 0 N–H and O–H groups in total. The highest BCUT2D eigenvalue weighted by Gasteiger charge is 2.31. The minimum absolute atomic E-state index is 0.0889. The number of nitrogens with zero attached hydrogens (tertiary/aromatic N) is 3. The molecule has 0 saturated carbocycles. The summed E-state index contributed by atoms with van der Waals surface area (Å²) in [5.41, 5.74) is 0.201. The molecule has 0 aromatic carbocycles. The predicted octanol–water partition coefficient (Wildman–Crippen LogP) is 2.78. The summed E-state index contributed by atoms with van der Waals surface area (Å²) in [7, 11) is 0. The first-order chi connectivity index (χ1) is 11.9. The van der Waals surface area contributed by atoms with Gasteiger partial charge >= 0.3 is 6.36 Å². The second-order valence-corrected chi connectivity index (χ2v) is 5.29. The fraction of sp³-hybridized carbons (Fsp3) is 0.400. The van der Waals surface area contributed by atoms with Crippen molar-refractivity contribution in [1.29, 1.82) is 0 Å². The molecule has 0 bridgehead atoms. The number of carbonyl (C=O) groups excluding carboxylic acids is 1. The number of rotatable bonds is 5. The van der Waals surface area contributed by atoms with Crippen LogP contribution in [0.4, 0.5) is 13.2 Å². The van der Waals surface area contributed by atoms with Crippen LogP contribution in [0, 0.1) is 0 Å². The van der Waals surface area contributed by atoms with Crippen molar-refractivity contribution in [3.63, 3.8) is 0 Å². The van der Waals surface area contributed by atoms with Gasteiger partial charge in [-0.15, -0.1) is 13.2 Å². The van der Waals surface area contributed by atoms with Crippen molar-refractivity contribution >= 4 is 5.91 Å². The summed E-state index contributed by atoms with van der Waals surface area (Å²) >= 11 is 0. The van der Waals surface area contributed by atoms with Gasteiger partial charge in [-0.05, 0) is 18.9 Å². The summed E-state index contributed by atoms with van der Waals surface area (Å²) < 4.78 is 50.3. The molecule has 0 aliphatic carbocycles. The van der Waals surface area contributed by atoms with Gasteiger partial charge in [0.15, 0.2) is 12.3 Å². The van der Waals surface area contributed by atoms with Gasteiger partial charge in [0.05, 0.1) is 6.20 Å². The summed E-state index contributed by atoms with van der Waals surface area (Å²) in [5.74, 6) is -0.393. The maximum absolute atomic E-state index is 12.1. The zero-order chi connectivity index (χ0) is 17.9. The number of carbonyl (C=O) groups is 1. The van der Waals surface area contributed by atoms with Crippen LogP contribution in [0.5, 0.6) is 11.6 Å². The Balaban J connectivity index is 1.54. The fourth-order valence-corrected chi connectivity index (χ4v) is 2.33. The van der Waals surface area contributed by atoms with Crippen molar-refractivity contribution in [3.8, 4) is 11.6 Å². The summed E-state index contributed by atoms with van der Waals surface area (Å²) in [6, 6.07) is 2.30. The molecule has 1 aliphatic rings. The van der Waals surface area contributed by atoms with E-state index in [1.807, 2.05) is 0 Å². The summed E-state index contributed by atoms with van der Waals surface area (Å²) in [4.78, 5) is 21.4. The Labute approximate surface area is 140 Å². The largest absolute Gasteiger partial charge is 0.574 e. The van der Waals surface area contributed by atoms with E-state index in [0.29, 0.717) is 13.1 Å². The Morgan fingerprint density at radius 2 is 2.04 bits per heavy atom. The number of halogens is 3. The number of hydrogen-bond acceptors (Lipinski definition) is 6. The van der Waals surface area contributed by atoms with E-state index in [0.717, 1.165) is 25.1 Å². The van der Waals surface area contributed by atoms with E-state index in [4.69, 9.17) is 9.15 Å². The molecule has 0 atom stereocenters. The van der Waals surface area contributed by atoms with Crippen molar-refractivity contribution in [3.05, 3.63) is 36.2 Å². The standard InChI is InChI=1S/C15H14F3N3O4/c16-15(17,18)25-12-4-3-10(7-19-12)23-9-13-20-11(8-24-13)14(22)21-5-1-2-6-21/h3-4,7-8H,1-2,5-6,9H2. The van der Waals surface area contributed by atoms with Crippen molar-refractivity contribution in [2.45, 2.75) is 25.8 Å². The van der Waals surface area contributed by atoms with Crippen LogP contribution in [0.25, 0.3) is 0 Å². The van der Waals surface area contributed by atoms with Crippen molar-refractivity contribution < 1.29 is 31.9 Å². The summed E-state index contributed by atoms with van der Waals surface area (Å²) in [5, 5.41) is 0. The van der Waals surface area contributed by atoms with E-state index in [1.165, 1.54) is 12.3 Å². The van der Waals surface area contributed by atoms with Crippen LogP contribution in [-0.2, 0) is 6.61 Å². The van der Waals surface area contributed by atoms with E-state index < -0.39 is 12.2 Å². The lowest BCUT2D eigenvalue weighted by atomic mass is 10.4. The lowest BCUT2D eigenvalue weighted by Crippen LogP contribution is -2.27. The van der Waals surface area contributed by atoms with Crippen molar-refractivity contribution in [2.24, 2.45) is 0 Å². The maximum Gasteiger partial charge on any atom is 0.574 e. The average molecular weight is 357 g/mol. The molecule has 0 spiro atoms. The van der Waals surface area contributed by atoms with Gasteiger partial charge < -0.3 is 18.8 Å². The van der Waals surface area contributed by atoms with Crippen LogP contribution >= 0.6 is 0 Å². The van der Waals surface area contributed by atoms with Crippen LogP contribution in [0.2, 0.25) is 0 Å². The van der Waals surface area contributed by atoms with Crippen molar-refractivity contribution in [2.75, 3.05) is 13.1 Å². The Kier molecular flexibility index (Phi) is 4.77. The molecule has 1 aliphatic heterocycles. The van der Waals surface area contributed by atoms with Gasteiger partial charge in [-0.3, -0.25) is 4.79 Å². The van der Waals surface area contributed by atoms with Crippen LogP contribution < -0.4 is 9.47 Å². The molecule has 2 aromatic rings. The summed E-state index contributed by atoms with van der Waals surface area (Å²) in [6.07, 6.45) is -0.509. The number of alkyl halides is 3. The van der Waals surface area contributed by atoms with E-state index in [1.54, 1.807) is 4.90 Å². The minimum atomic E-state index is -4.80. The van der Waals surface area contributed by atoms with Gasteiger partial charge in [0, 0.05) is 19.2 Å².